The number of alkyl halides is 3. The molecular weight excluding hydrogens is 419 g/mol. The van der Waals surface area contributed by atoms with E-state index >= 15 is 0 Å². The quantitative estimate of drug-likeness (QED) is 0.574. The Morgan fingerprint density at radius 3 is 2.56 bits per heavy atom. The van der Waals surface area contributed by atoms with Crippen LogP contribution in [0.5, 0.6) is 11.5 Å². The van der Waals surface area contributed by atoms with Gasteiger partial charge in [0.2, 0.25) is 0 Å². The van der Waals surface area contributed by atoms with E-state index in [4.69, 9.17) is 9.47 Å². The Labute approximate surface area is 184 Å². The van der Waals surface area contributed by atoms with Gasteiger partial charge in [0, 0.05) is 56.2 Å². The van der Waals surface area contributed by atoms with Crippen molar-refractivity contribution >= 4 is 0 Å². The number of nitrogens with zero attached hydrogens (tertiary/aromatic N) is 3. The van der Waals surface area contributed by atoms with Crippen molar-refractivity contribution in [1.29, 1.82) is 0 Å². The van der Waals surface area contributed by atoms with E-state index in [-0.39, 0.29) is 5.75 Å². The molecule has 0 N–H and O–H groups in total. The van der Waals surface area contributed by atoms with Gasteiger partial charge in [-0.2, -0.15) is 18.3 Å². The Morgan fingerprint density at radius 2 is 1.78 bits per heavy atom. The van der Waals surface area contributed by atoms with Crippen molar-refractivity contribution < 1.29 is 22.6 Å². The minimum absolute atomic E-state index is 0.280. The number of ether oxygens (including phenoxy) is 2. The molecule has 0 bridgehead atoms. The first-order chi connectivity index (χ1) is 15.3. The zero-order chi connectivity index (χ0) is 22.3. The molecule has 3 aromatic rings. The highest BCUT2D eigenvalue weighted by Gasteiger charge is 2.45. The largest absolute Gasteiger partial charge is 0.484 e. The molecule has 0 atom stereocenters. The highest BCUT2D eigenvalue weighted by Crippen LogP contribution is 2.49. The Balaban J connectivity index is 1.33. The Kier molecular flexibility index (Phi) is 5.12. The van der Waals surface area contributed by atoms with Crippen molar-refractivity contribution in [3.63, 3.8) is 0 Å². The predicted molar refractivity (Wildman–Crippen MR) is 113 cm³/mol. The SMILES string of the molecule is Cn1ncc2c1-c1ccccc1OC21CCN(Cc2ccccc2OCC(F)(F)F)CC1. The van der Waals surface area contributed by atoms with Crippen molar-refractivity contribution in [3.05, 3.63) is 65.9 Å². The van der Waals surface area contributed by atoms with Gasteiger partial charge in [-0.05, 0) is 18.2 Å². The standard InChI is InChI=1S/C24H24F3N3O2/c1-29-22-18-7-3-5-9-21(18)32-23(19(22)14-28-29)10-12-30(13-11-23)15-17-6-2-4-8-20(17)31-16-24(25,26)27/h2-9,14H,10-13,15-16H2,1H3. The van der Waals surface area contributed by atoms with Crippen LogP contribution < -0.4 is 9.47 Å². The van der Waals surface area contributed by atoms with Crippen molar-refractivity contribution in [1.82, 2.24) is 14.7 Å². The third-order valence-electron chi connectivity index (χ3n) is 6.30. The summed E-state index contributed by atoms with van der Waals surface area (Å²) in [5.41, 5.74) is 3.55. The maximum atomic E-state index is 12.6. The molecule has 1 spiro atoms. The lowest BCUT2D eigenvalue weighted by molar-refractivity contribution is -0.153. The zero-order valence-corrected chi connectivity index (χ0v) is 17.7. The second kappa shape index (κ2) is 7.85. The first-order valence-electron chi connectivity index (χ1n) is 10.7. The number of fused-ring (bicyclic) bond motifs is 4. The molecule has 3 heterocycles. The average Bonchev–Trinajstić information content (AvgIpc) is 3.17. The predicted octanol–water partition coefficient (Wildman–Crippen LogP) is 4.91. The monoisotopic (exact) mass is 443 g/mol. The van der Waals surface area contributed by atoms with Gasteiger partial charge in [-0.15, -0.1) is 0 Å². The van der Waals surface area contributed by atoms with Crippen LogP contribution in [0.3, 0.4) is 0 Å². The molecule has 5 nitrogen and oxygen atoms in total. The molecule has 2 aliphatic heterocycles. The highest BCUT2D eigenvalue weighted by atomic mass is 19.4. The molecule has 0 aliphatic carbocycles. The smallest absolute Gasteiger partial charge is 0.422 e. The summed E-state index contributed by atoms with van der Waals surface area (Å²) >= 11 is 0. The van der Waals surface area contributed by atoms with E-state index in [1.54, 1.807) is 12.1 Å². The number of hydrogen-bond acceptors (Lipinski definition) is 4. The van der Waals surface area contributed by atoms with Crippen LogP contribution in [-0.4, -0.2) is 40.6 Å². The van der Waals surface area contributed by atoms with Crippen molar-refractivity contribution in [2.24, 2.45) is 7.05 Å². The molecule has 1 fully saturated rings. The Morgan fingerprint density at radius 1 is 1.06 bits per heavy atom. The molecule has 5 rings (SSSR count). The fraction of sp³-hybridized carbons (Fsp3) is 0.375. The number of piperidine rings is 1. The zero-order valence-electron chi connectivity index (χ0n) is 17.7. The number of para-hydroxylation sites is 2. The number of aromatic nitrogens is 2. The average molecular weight is 443 g/mol. The number of rotatable bonds is 4. The second-order valence-corrected chi connectivity index (χ2v) is 8.41. The van der Waals surface area contributed by atoms with Gasteiger partial charge in [-0.3, -0.25) is 9.58 Å². The lowest BCUT2D eigenvalue weighted by Crippen LogP contribution is -2.47. The number of halogens is 3. The minimum atomic E-state index is -4.36. The normalized spacial score (nSPS) is 17.5. The van der Waals surface area contributed by atoms with E-state index in [9.17, 15) is 13.2 Å². The van der Waals surface area contributed by atoms with Crippen molar-refractivity contribution in [2.75, 3.05) is 19.7 Å². The van der Waals surface area contributed by atoms with Crippen LogP contribution in [0.1, 0.15) is 24.0 Å². The molecule has 2 aromatic carbocycles. The molecule has 168 valence electrons. The molecular formula is C24H24F3N3O2. The number of hydrogen-bond donors (Lipinski definition) is 0. The summed E-state index contributed by atoms with van der Waals surface area (Å²) < 4.78 is 51.3. The number of likely N-dealkylation sites (tertiary alicyclic amines) is 1. The van der Waals surface area contributed by atoms with Gasteiger partial charge >= 0.3 is 6.18 Å². The van der Waals surface area contributed by atoms with Gasteiger partial charge in [-0.1, -0.05) is 30.3 Å². The van der Waals surface area contributed by atoms with E-state index in [2.05, 4.69) is 16.1 Å². The maximum absolute atomic E-state index is 12.6. The summed E-state index contributed by atoms with van der Waals surface area (Å²) in [5.74, 6) is 1.14. The van der Waals surface area contributed by atoms with Gasteiger partial charge in [0.05, 0.1) is 11.9 Å². The summed E-state index contributed by atoms with van der Waals surface area (Å²) in [5, 5.41) is 4.50. The molecule has 0 radical (unpaired) electrons. The van der Waals surface area contributed by atoms with Crippen LogP contribution in [0.2, 0.25) is 0 Å². The van der Waals surface area contributed by atoms with E-state index in [1.165, 1.54) is 0 Å². The van der Waals surface area contributed by atoms with E-state index in [1.807, 2.05) is 48.3 Å². The van der Waals surface area contributed by atoms with Crippen molar-refractivity contribution in [3.8, 4) is 22.8 Å². The molecule has 8 heteroatoms. The fourth-order valence-corrected chi connectivity index (χ4v) is 4.73. The molecule has 1 aromatic heterocycles. The summed E-state index contributed by atoms with van der Waals surface area (Å²) in [6, 6.07) is 14.9. The summed E-state index contributed by atoms with van der Waals surface area (Å²) in [6.07, 6.45) is -0.918. The minimum Gasteiger partial charge on any atom is -0.484 e. The number of aryl methyl sites for hydroxylation is 1. The second-order valence-electron chi connectivity index (χ2n) is 8.41. The Bertz CT molecular complexity index is 1120. The summed E-state index contributed by atoms with van der Waals surface area (Å²) in [4.78, 5) is 2.24. The topological polar surface area (TPSA) is 39.5 Å². The highest BCUT2D eigenvalue weighted by molar-refractivity contribution is 5.73. The molecule has 32 heavy (non-hydrogen) atoms. The van der Waals surface area contributed by atoms with Gasteiger partial charge in [0.1, 0.15) is 17.1 Å². The van der Waals surface area contributed by atoms with Crippen LogP contribution in [0, 0.1) is 0 Å². The first-order valence-corrected chi connectivity index (χ1v) is 10.7. The van der Waals surface area contributed by atoms with E-state index in [0.717, 1.165) is 54.1 Å². The van der Waals surface area contributed by atoms with Crippen LogP contribution in [0.25, 0.3) is 11.3 Å². The molecule has 2 aliphatic rings. The summed E-state index contributed by atoms with van der Waals surface area (Å²) in [6.45, 7) is 0.749. The molecule has 0 amide bonds. The van der Waals surface area contributed by atoms with Crippen LogP contribution in [-0.2, 0) is 19.2 Å². The lowest BCUT2D eigenvalue weighted by Gasteiger charge is -2.44. The van der Waals surface area contributed by atoms with Crippen LogP contribution in [0.4, 0.5) is 13.2 Å². The fourth-order valence-electron chi connectivity index (χ4n) is 4.73. The van der Waals surface area contributed by atoms with Gasteiger partial charge in [-0.25, -0.2) is 0 Å². The first kappa shape index (κ1) is 20.9. The summed E-state index contributed by atoms with van der Waals surface area (Å²) in [7, 11) is 1.95. The third kappa shape index (κ3) is 3.83. The molecule has 1 saturated heterocycles. The van der Waals surface area contributed by atoms with E-state index in [0.29, 0.717) is 6.54 Å². The van der Waals surface area contributed by atoms with Crippen LogP contribution >= 0.6 is 0 Å². The van der Waals surface area contributed by atoms with Gasteiger partial charge < -0.3 is 9.47 Å². The number of benzene rings is 2. The Hall–Kier alpha value is -3.00. The van der Waals surface area contributed by atoms with Gasteiger partial charge in [0.15, 0.2) is 6.61 Å². The molecule has 0 unspecified atom stereocenters. The lowest BCUT2D eigenvalue weighted by atomic mass is 9.81. The van der Waals surface area contributed by atoms with E-state index < -0.39 is 18.4 Å². The molecule has 0 saturated carbocycles. The maximum Gasteiger partial charge on any atom is 0.422 e. The van der Waals surface area contributed by atoms with Crippen LogP contribution in [0.15, 0.2) is 54.7 Å². The van der Waals surface area contributed by atoms with Crippen molar-refractivity contribution in [2.45, 2.75) is 31.2 Å². The third-order valence-corrected chi connectivity index (χ3v) is 6.30. The van der Waals surface area contributed by atoms with Gasteiger partial charge in [0.25, 0.3) is 0 Å².